The SMILES string of the molecule is OC1CCC1Cc1ccoc1. The van der Waals surface area contributed by atoms with E-state index < -0.39 is 0 Å². The van der Waals surface area contributed by atoms with E-state index in [1.165, 1.54) is 5.56 Å². The molecule has 1 aliphatic carbocycles. The summed E-state index contributed by atoms with van der Waals surface area (Å²) in [4.78, 5) is 0. The average Bonchev–Trinajstić information content (AvgIpc) is 2.49. The summed E-state index contributed by atoms with van der Waals surface area (Å²) in [5, 5.41) is 9.28. The topological polar surface area (TPSA) is 33.4 Å². The Kier molecular flexibility index (Phi) is 1.70. The third-order valence-electron chi connectivity index (χ3n) is 2.46. The third-order valence-corrected chi connectivity index (χ3v) is 2.46. The first-order valence-corrected chi connectivity index (χ1v) is 4.05. The van der Waals surface area contributed by atoms with Crippen molar-refractivity contribution in [2.75, 3.05) is 0 Å². The zero-order chi connectivity index (χ0) is 7.68. The number of hydrogen-bond donors (Lipinski definition) is 1. The highest BCUT2D eigenvalue weighted by molar-refractivity contribution is 5.07. The van der Waals surface area contributed by atoms with Crippen molar-refractivity contribution in [1.29, 1.82) is 0 Å². The van der Waals surface area contributed by atoms with Crippen molar-refractivity contribution in [2.45, 2.75) is 25.4 Å². The maximum absolute atomic E-state index is 9.28. The van der Waals surface area contributed by atoms with Gasteiger partial charge in [-0.15, -0.1) is 0 Å². The van der Waals surface area contributed by atoms with E-state index >= 15 is 0 Å². The van der Waals surface area contributed by atoms with Crippen molar-refractivity contribution < 1.29 is 9.52 Å². The highest BCUT2D eigenvalue weighted by Crippen LogP contribution is 2.30. The zero-order valence-corrected chi connectivity index (χ0v) is 6.36. The van der Waals surface area contributed by atoms with Crippen LogP contribution in [0.3, 0.4) is 0 Å². The summed E-state index contributed by atoms with van der Waals surface area (Å²) in [5.74, 6) is 0.479. The second-order valence-corrected chi connectivity index (χ2v) is 3.24. The summed E-state index contributed by atoms with van der Waals surface area (Å²) >= 11 is 0. The van der Waals surface area contributed by atoms with Crippen LogP contribution in [0.25, 0.3) is 0 Å². The van der Waals surface area contributed by atoms with E-state index in [9.17, 15) is 5.11 Å². The van der Waals surface area contributed by atoms with E-state index in [0.717, 1.165) is 19.3 Å². The van der Waals surface area contributed by atoms with Crippen molar-refractivity contribution in [2.24, 2.45) is 5.92 Å². The Morgan fingerprint density at radius 1 is 1.55 bits per heavy atom. The molecule has 11 heavy (non-hydrogen) atoms. The standard InChI is InChI=1S/C9H12O2/c10-9-2-1-8(9)5-7-3-4-11-6-7/h3-4,6,8-10H,1-2,5H2. The van der Waals surface area contributed by atoms with Crippen LogP contribution >= 0.6 is 0 Å². The van der Waals surface area contributed by atoms with Gasteiger partial charge >= 0.3 is 0 Å². The summed E-state index contributed by atoms with van der Waals surface area (Å²) in [6.45, 7) is 0. The molecule has 1 aromatic heterocycles. The molecule has 1 aromatic rings. The highest BCUT2D eigenvalue weighted by Gasteiger charge is 2.28. The highest BCUT2D eigenvalue weighted by atomic mass is 16.3. The summed E-state index contributed by atoms with van der Waals surface area (Å²) in [6.07, 6.45) is 6.47. The van der Waals surface area contributed by atoms with Gasteiger partial charge in [0, 0.05) is 0 Å². The molecule has 1 N–H and O–H groups in total. The second kappa shape index (κ2) is 2.70. The van der Waals surface area contributed by atoms with Crippen LogP contribution in [-0.2, 0) is 6.42 Å². The van der Waals surface area contributed by atoms with E-state index in [1.54, 1.807) is 12.5 Å². The molecular weight excluding hydrogens is 140 g/mol. The number of furan rings is 1. The molecule has 2 nitrogen and oxygen atoms in total. The van der Waals surface area contributed by atoms with Gasteiger partial charge in [0.05, 0.1) is 18.6 Å². The molecule has 0 aromatic carbocycles. The fraction of sp³-hybridized carbons (Fsp3) is 0.556. The van der Waals surface area contributed by atoms with Crippen molar-refractivity contribution in [1.82, 2.24) is 0 Å². The molecule has 60 valence electrons. The van der Waals surface area contributed by atoms with Gasteiger partial charge in [0.25, 0.3) is 0 Å². The minimum Gasteiger partial charge on any atom is -0.472 e. The monoisotopic (exact) mass is 152 g/mol. The molecule has 2 unspecified atom stereocenters. The zero-order valence-electron chi connectivity index (χ0n) is 6.36. The number of aliphatic hydroxyl groups excluding tert-OH is 1. The van der Waals surface area contributed by atoms with Gasteiger partial charge in [-0.05, 0) is 36.8 Å². The van der Waals surface area contributed by atoms with Crippen LogP contribution in [0.15, 0.2) is 23.0 Å². The summed E-state index contributed by atoms with van der Waals surface area (Å²) in [6, 6.07) is 1.96. The molecule has 1 heterocycles. The molecule has 0 bridgehead atoms. The number of rotatable bonds is 2. The van der Waals surface area contributed by atoms with Crippen LogP contribution < -0.4 is 0 Å². The van der Waals surface area contributed by atoms with E-state index in [0.29, 0.717) is 5.92 Å². The minimum atomic E-state index is -0.0649. The molecule has 0 aliphatic heterocycles. The molecule has 0 radical (unpaired) electrons. The first kappa shape index (κ1) is 6.92. The number of hydrogen-bond acceptors (Lipinski definition) is 2. The molecular formula is C9H12O2. The van der Waals surface area contributed by atoms with Crippen LogP contribution in [0.1, 0.15) is 18.4 Å². The Morgan fingerprint density at radius 3 is 2.91 bits per heavy atom. The summed E-state index contributed by atoms with van der Waals surface area (Å²) < 4.78 is 4.94. The molecule has 0 amide bonds. The predicted octanol–water partition coefficient (Wildman–Crippen LogP) is 1.59. The second-order valence-electron chi connectivity index (χ2n) is 3.24. The number of aliphatic hydroxyl groups is 1. The van der Waals surface area contributed by atoms with E-state index in [1.807, 2.05) is 6.07 Å². The van der Waals surface area contributed by atoms with Crippen molar-refractivity contribution in [3.8, 4) is 0 Å². The predicted molar refractivity (Wildman–Crippen MR) is 41.1 cm³/mol. The van der Waals surface area contributed by atoms with Crippen molar-refractivity contribution in [3.05, 3.63) is 24.2 Å². The molecule has 1 fully saturated rings. The summed E-state index contributed by atoms with van der Waals surface area (Å²) in [5.41, 5.74) is 1.20. The first-order valence-electron chi connectivity index (χ1n) is 4.05. The van der Waals surface area contributed by atoms with Crippen LogP contribution in [0, 0.1) is 5.92 Å². The normalized spacial score (nSPS) is 29.9. The molecule has 0 spiro atoms. The smallest absolute Gasteiger partial charge is 0.0934 e. The Morgan fingerprint density at radius 2 is 2.45 bits per heavy atom. The molecule has 1 saturated carbocycles. The Bertz CT molecular complexity index is 215. The van der Waals surface area contributed by atoms with Crippen LogP contribution in [0.2, 0.25) is 0 Å². The Balaban J connectivity index is 1.91. The van der Waals surface area contributed by atoms with Crippen molar-refractivity contribution >= 4 is 0 Å². The Hall–Kier alpha value is -0.760. The molecule has 1 aliphatic rings. The van der Waals surface area contributed by atoms with E-state index in [-0.39, 0.29) is 6.10 Å². The van der Waals surface area contributed by atoms with E-state index in [4.69, 9.17) is 4.42 Å². The maximum Gasteiger partial charge on any atom is 0.0934 e. The van der Waals surface area contributed by atoms with Gasteiger partial charge < -0.3 is 9.52 Å². The summed E-state index contributed by atoms with van der Waals surface area (Å²) in [7, 11) is 0. The lowest BCUT2D eigenvalue weighted by Gasteiger charge is -2.31. The molecule has 2 atom stereocenters. The van der Waals surface area contributed by atoms with Gasteiger partial charge in [-0.2, -0.15) is 0 Å². The van der Waals surface area contributed by atoms with Gasteiger partial charge in [0.15, 0.2) is 0 Å². The third kappa shape index (κ3) is 1.31. The quantitative estimate of drug-likeness (QED) is 0.698. The van der Waals surface area contributed by atoms with Crippen LogP contribution in [0.5, 0.6) is 0 Å². The molecule has 2 heteroatoms. The van der Waals surface area contributed by atoms with Gasteiger partial charge in [0.1, 0.15) is 0 Å². The lowest BCUT2D eigenvalue weighted by Crippen LogP contribution is -2.32. The first-order chi connectivity index (χ1) is 5.36. The Labute approximate surface area is 65.8 Å². The minimum absolute atomic E-state index is 0.0649. The van der Waals surface area contributed by atoms with Crippen LogP contribution in [0.4, 0.5) is 0 Å². The average molecular weight is 152 g/mol. The maximum atomic E-state index is 9.28. The van der Waals surface area contributed by atoms with Gasteiger partial charge in [0.2, 0.25) is 0 Å². The fourth-order valence-electron chi connectivity index (χ4n) is 1.50. The van der Waals surface area contributed by atoms with Crippen molar-refractivity contribution in [3.63, 3.8) is 0 Å². The van der Waals surface area contributed by atoms with E-state index in [2.05, 4.69) is 0 Å². The fourth-order valence-corrected chi connectivity index (χ4v) is 1.50. The van der Waals surface area contributed by atoms with Gasteiger partial charge in [-0.25, -0.2) is 0 Å². The lowest BCUT2D eigenvalue weighted by molar-refractivity contribution is 0.0243. The largest absolute Gasteiger partial charge is 0.472 e. The molecule has 2 rings (SSSR count). The van der Waals surface area contributed by atoms with Gasteiger partial charge in [-0.3, -0.25) is 0 Å². The van der Waals surface area contributed by atoms with Gasteiger partial charge in [-0.1, -0.05) is 0 Å². The van der Waals surface area contributed by atoms with Crippen LogP contribution in [-0.4, -0.2) is 11.2 Å². The lowest BCUT2D eigenvalue weighted by atomic mass is 9.78. The molecule has 0 saturated heterocycles.